The highest BCUT2D eigenvalue weighted by Crippen LogP contribution is 2.36. The number of aryl methyl sites for hydroxylation is 1. The van der Waals surface area contributed by atoms with Gasteiger partial charge in [0.25, 0.3) is 0 Å². The van der Waals surface area contributed by atoms with E-state index < -0.39 is 0 Å². The first-order chi connectivity index (χ1) is 7.18. The zero-order valence-corrected chi connectivity index (χ0v) is 10.8. The molecule has 1 aliphatic rings. The van der Waals surface area contributed by atoms with E-state index in [1.807, 2.05) is 0 Å². The molecule has 0 aliphatic heterocycles. The molecule has 1 atom stereocenters. The Hall–Kier alpha value is -0.340. The number of rotatable bonds is 2. The van der Waals surface area contributed by atoms with E-state index in [-0.39, 0.29) is 6.04 Å². The molecule has 2 heteroatoms. The fraction of sp³-hybridized carbons (Fsp3) is 0.538. The molecule has 1 nitrogen and oxygen atoms in total. The van der Waals surface area contributed by atoms with Crippen molar-refractivity contribution in [3.63, 3.8) is 0 Å². The van der Waals surface area contributed by atoms with Gasteiger partial charge in [0, 0.05) is 10.5 Å². The Morgan fingerprint density at radius 3 is 2.60 bits per heavy atom. The Bertz CT molecular complexity index is 342. The average Bonchev–Trinajstić information content (AvgIpc) is 2.69. The van der Waals surface area contributed by atoms with Gasteiger partial charge in [-0.05, 0) is 42.9 Å². The number of nitrogens with two attached hydrogens (primary N) is 1. The maximum atomic E-state index is 6.32. The Morgan fingerprint density at radius 1 is 1.33 bits per heavy atom. The van der Waals surface area contributed by atoms with E-state index in [4.69, 9.17) is 5.73 Å². The minimum atomic E-state index is 0.211. The molecule has 0 heterocycles. The summed E-state index contributed by atoms with van der Waals surface area (Å²) in [7, 11) is 0. The van der Waals surface area contributed by atoms with Crippen LogP contribution in [0.4, 0.5) is 0 Å². The van der Waals surface area contributed by atoms with E-state index in [1.54, 1.807) is 0 Å². The fourth-order valence-electron chi connectivity index (χ4n) is 2.47. The van der Waals surface area contributed by atoms with Crippen molar-refractivity contribution in [3.8, 4) is 0 Å². The lowest BCUT2D eigenvalue weighted by Gasteiger charge is -2.20. The molecular formula is C13H18BrN. The van der Waals surface area contributed by atoms with Crippen molar-refractivity contribution >= 4 is 15.9 Å². The summed E-state index contributed by atoms with van der Waals surface area (Å²) < 4.78 is 1.17. The van der Waals surface area contributed by atoms with E-state index in [0.717, 1.165) is 0 Å². The Balaban J connectivity index is 2.20. The van der Waals surface area contributed by atoms with Crippen molar-refractivity contribution in [2.24, 2.45) is 11.7 Å². The Labute approximate surface area is 100 Å². The maximum Gasteiger partial charge on any atom is 0.0334 e. The van der Waals surface area contributed by atoms with Crippen LogP contribution in [0.2, 0.25) is 0 Å². The highest BCUT2D eigenvalue weighted by atomic mass is 79.9. The van der Waals surface area contributed by atoms with Gasteiger partial charge in [0.05, 0.1) is 0 Å². The van der Waals surface area contributed by atoms with E-state index in [1.165, 1.54) is 41.3 Å². The van der Waals surface area contributed by atoms with Gasteiger partial charge in [0.15, 0.2) is 0 Å². The second-order valence-electron chi connectivity index (χ2n) is 4.60. The first-order valence-electron chi connectivity index (χ1n) is 5.70. The van der Waals surface area contributed by atoms with Crippen LogP contribution in [0, 0.1) is 12.8 Å². The molecule has 0 radical (unpaired) electrons. The van der Waals surface area contributed by atoms with Crippen LogP contribution < -0.4 is 5.73 Å². The molecule has 0 spiro atoms. The Kier molecular flexibility index (Phi) is 3.47. The van der Waals surface area contributed by atoms with E-state index in [9.17, 15) is 0 Å². The summed E-state index contributed by atoms with van der Waals surface area (Å²) in [4.78, 5) is 0. The Morgan fingerprint density at radius 2 is 2.00 bits per heavy atom. The third kappa shape index (κ3) is 2.43. The van der Waals surface area contributed by atoms with Crippen LogP contribution in [0.25, 0.3) is 0 Å². The molecular weight excluding hydrogens is 250 g/mol. The average molecular weight is 268 g/mol. The van der Waals surface area contributed by atoms with E-state index in [0.29, 0.717) is 5.92 Å². The number of hydrogen-bond acceptors (Lipinski definition) is 1. The van der Waals surface area contributed by atoms with Gasteiger partial charge in [0.2, 0.25) is 0 Å². The first kappa shape index (κ1) is 11.2. The number of halogens is 1. The molecule has 0 aromatic heterocycles. The van der Waals surface area contributed by atoms with Gasteiger partial charge in [-0.15, -0.1) is 0 Å². The van der Waals surface area contributed by atoms with Crippen molar-refractivity contribution in [1.82, 2.24) is 0 Å². The molecule has 2 rings (SSSR count). The molecule has 1 saturated carbocycles. The lowest BCUT2D eigenvalue weighted by molar-refractivity contribution is 0.443. The summed E-state index contributed by atoms with van der Waals surface area (Å²) in [5.74, 6) is 0.684. The van der Waals surface area contributed by atoms with Crippen LogP contribution in [0.5, 0.6) is 0 Å². The minimum Gasteiger partial charge on any atom is -0.324 e. The highest BCUT2D eigenvalue weighted by Gasteiger charge is 2.24. The zero-order valence-electron chi connectivity index (χ0n) is 9.17. The van der Waals surface area contributed by atoms with Crippen LogP contribution >= 0.6 is 15.9 Å². The summed E-state index contributed by atoms with van der Waals surface area (Å²) in [6.45, 7) is 2.11. The number of hydrogen-bond donors (Lipinski definition) is 1. The monoisotopic (exact) mass is 267 g/mol. The second kappa shape index (κ2) is 4.67. The smallest absolute Gasteiger partial charge is 0.0334 e. The summed E-state index contributed by atoms with van der Waals surface area (Å²) in [6, 6.07) is 6.68. The molecule has 82 valence electrons. The lowest BCUT2D eigenvalue weighted by Crippen LogP contribution is -2.19. The summed E-state index contributed by atoms with van der Waals surface area (Å²) >= 11 is 3.61. The summed E-state index contributed by atoms with van der Waals surface area (Å²) in [5.41, 5.74) is 8.87. The topological polar surface area (TPSA) is 26.0 Å². The SMILES string of the molecule is Cc1ccc([C@H](N)C2CCCC2)c(Br)c1. The maximum absolute atomic E-state index is 6.32. The summed E-state index contributed by atoms with van der Waals surface area (Å²) in [6.07, 6.45) is 5.28. The molecule has 0 saturated heterocycles. The quantitative estimate of drug-likeness (QED) is 0.863. The fourth-order valence-corrected chi connectivity index (χ4v) is 3.23. The van der Waals surface area contributed by atoms with Crippen molar-refractivity contribution in [2.75, 3.05) is 0 Å². The molecule has 2 N–H and O–H groups in total. The zero-order chi connectivity index (χ0) is 10.8. The van der Waals surface area contributed by atoms with Crippen molar-refractivity contribution in [3.05, 3.63) is 33.8 Å². The van der Waals surface area contributed by atoms with Crippen molar-refractivity contribution < 1.29 is 0 Å². The minimum absolute atomic E-state index is 0.211. The molecule has 15 heavy (non-hydrogen) atoms. The van der Waals surface area contributed by atoms with Crippen LogP contribution in [0.3, 0.4) is 0 Å². The van der Waals surface area contributed by atoms with Gasteiger partial charge in [0.1, 0.15) is 0 Å². The molecule has 1 fully saturated rings. The van der Waals surface area contributed by atoms with Gasteiger partial charge in [-0.3, -0.25) is 0 Å². The van der Waals surface area contributed by atoms with Crippen LogP contribution in [0.15, 0.2) is 22.7 Å². The van der Waals surface area contributed by atoms with Gasteiger partial charge in [-0.25, -0.2) is 0 Å². The molecule has 0 bridgehead atoms. The van der Waals surface area contributed by atoms with E-state index >= 15 is 0 Å². The molecule has 1 aliphatic carbocycles. The standard InChI is InChI=1S/C13H18BrN/c1-9-6-7-11(12(14)8-9)13(15)10-4-2-3-5-10/h6-8,10,13H,2-5,15H2,1H3/t13-/m1/s1. The largest absolute Gasteiger partial charge is 0.324 e. The molecule has 1 aromatic rings. The normalized spacial score (nSPS) is 19.4. The summed E-state index contributed by atoms with van der Waals surface area (Å²) in [5, 5.41) is 0. The lowest BCUT2D eigenvalue weighted by atomic mass is 9.92. The van der Waals surface area contributed by atoms with Gasteiger partial charge in [-0.2, -0.15) is 0 Å². The van der Waals surface area contributed by atoms with Crippen LogP contribution in [-0.4, -0.2) is 0 Å². The number of benzene rings is 1. The molecule has 0 unspecified atom stereocenters. The molecule has 0 amide bonds. The van der Waals surface area contributed by atoms with Crippen molar-refractivity contribution in [1.29, 1.82) is 0 Å². The predicted molar refractivity (Wildman–Crippen MR) is 67.8 cm³/mol. The second-order valence-corrected chi connectivity index (χ2v) is 5.45. The van der Waals surface area contributed by atoms with Crippen LogP contribution in [0.1, 0.15) is 42.9 Å². The van der Waals surface area contributed by atoms with Gasteiger partial charge in [-0.1, -0.05) is 40.9 Å². The van der Waals surface area contributed by atoms with Gasteiger partial charge < -0.3 is 5.73 Å². The van der Waals surface area contributed by atoms with Crippen molar-refractivity contribution in [2.45, 2.75) is 38.6 Å². The first-order valence-corrected chi connectivity index (χ1v) is 6.49. The predicted octanol–water partition coefficient (Wildman–Crippen LogP) is 3.95. The third-order valence-corrected chi connectivity index (χ3v) is 4.11. The van der Waals surface area contributed by atoms with E-state index in [2.05, 4.69) is 41.1 Å². The van der Waals surface area contributed by atoms with Gasteiger partial charge >= 0.3 is 0 Å². The third-order valence-electron chi connectivity index (χ3n) is 3.42. The van der Waals surface area contributed by atoms with Crippen LogP contribution in [-0.2, 0) is 0 Å². The molecule has 1 aromatic carbocycles. The highest BCUT2D eigenvalue weighted by molar-refractivity contribution is 9.10.